The van der Waals surface area contributed by atoms with Crippen LogP contribution in [0.5, 0.6) is 0 Å². The number of aromatic nitrogens is 8. The van der Waals surface area contributed by atoms with Crippen LogP contribution in [0.4, 0.5) is 58.4 Å². The van der Waals surface area contributed by atoms with E-state index in [0.29, 0.717) is 123 Å². The lowest BCUT2D eigenvalue weighted by atomic mass is 10.1. The molecule has 0 spiro atoms. The molecule has 46 heteroatoms. The highest BCUT2D eigenvalue weighted by molar-refractivity contribution is 7.91. The Morgan fingerprint density at radius 2 is 0.667 bits per heavy atom. The lowest BCUT2D eigenvalue weighted by molar-refractivity contribution is 0.0115. The number of rotatable bonds is 26. The van der Waals surface area contributed by atoms with Gasteiger partial charge < -0.3 is 77.5 Å². The van der Waals surface area contributed by atoms with E-state index in [1.807, 2.05) is 93.5 Å². The molecule has 11 N–H and O–H groups in total. The van der Waals surface area contributed by atoms with Gasteiger partial charge >= 0.3 is 0 Å². The number of aliphatic hydroxyl groups is 3. The number of alkyl halides is 8. The van der Waals surface area contributed by atoms with Crippen molar-refractivity contribution < 1.29 is 97.2 Å². The summed E-state index contributed by atoms with van der Waals surface area (Å²) in [6, 6.07) is 4.24. The summed E-state index contributed by atoms with van der Waals surface area (Å²) >= 11 is 4.10. The lowest BCUT2D eigenvalue weighted by Crippen LogP contribution is -2.41. The van der Waals surface area contributed by atoms with Gasteiger partial charge in [0.1, 0.15) is 55.9 Å². The van der Waals surface area contributed by atoms with Crippen LogP contribution in [-0.2, 0) is 9.84 Å². The number of likely N-dealkylation sites (tertiary alicyclic amines) is 4. The maximum absolute atomic E-state index is 14.1. The molecule has 144 heavy (non-hydrogen) atoms. The topological polar surface area (TPSA) is 444 Å². The Morgan fingerprint density at radius 3 is 0.896 bits per heavy atom. The van der Waals surface area contributed by atoms with Crippen molar-refractivity contribution in [2.45, 2.75) is 334 Å². The predicted molar refractivity (Wildman–Crippen MR) is 537 cm³/mol. The van der Waals surface area contributed by atoms with Crippen LogP contribution in [-0.4, -0.2) is 283 Å². The number of nitrogens with one attached hydrogen (secondary N) is 8. The summed E-state index contributed by atoms with van der Waals surface area (Å²) in [6.07, 6.45) is 11.4. The van der Waals surface area contributed by atoms with Crippen molar-refractivity contribution in [3.05, 3.63) is 114 Å². The van der Waals surface area contributed by atoms with Gasteiger partial charge in [-0.1, -0.05) is 13.8 Å². The van der Waals surface area contributed by atoms with Gasteiger partial charge in [0.25, 0.3) is 70.9 Å². The molecule has 13 heterocycles. The van der Waals surface area contributed by atoms with Crippen molar-refractivity contribution in [2.75, 3.05) is 59.0 Å². The zero-order valence-electron chi connectivity index (χ0n) is 83.4. The first-order chi connectivity index (χ1) is 67.6. The molecule has 8 aliphatic rings. The van der Waals surface area contributed by atoms with Gasteiger partial charge in [-0.05, 0) is 227 Å². The Balaban J connectivity index is 0.000000161. The van der Waals surface area contributed by atoms with E-state index in [0.717, 1.165) is 113 Å². The average molecular weight is 2110 g/mol. The van der Waals surface area contributed by atoms with Gasteiger partial charge in [-0.2, -0.15) is 0 Å². The molecule has 33 nitrogen and oxygen atoms in total. The van der Waals surface area contributed by atoms with Crippen molar-refractivity contribution >= 4 is 126 Å². The third-order valence-electron chi connectivity index (χ3n) is 26.8. The van der Waals surface area contributed by atoms with Gasteiger partial charge in [-0.15, -0.1) is 45.3 Å². The van der Waals surface area contributed by atoms with Crippen LogP contribution in [0.3, 0.4) is 0 Å². The Labute approximate surface area is 847 Å². The minimum atomic E-state index is -3.09. The normalized spacial score (nSPS) is 23.3. The van der Waals surface area contributed by atoms with Crippen molar-refractivity contribution in [3.8, 4) is 41.8 Å². The van der Waals surface area contributed by atoms with E-state index in [9.17, 15) is 97.2 Å². The van der Waals surface area contributed by atoms with Gasteiger partial charge in [-0.3, -0.25) is 38.4 Å². The molecule has 16 rings (SSSR count). The third-order valence-corrected chi connectivity index (χ3v) is 32.8. The number of carbonyl (C=O) groups excluding carboxylic acids is 8. The number of thiazole rings is 4. The summed E-state index contributed by atoms with van der Waals surface area (Å²) in [5, 5.41) is 54.5. The SMILES string of the molecule is CC[C@@H](C)Nc1cc(C)c(-c2sc(C(=O)N[C@@H]3CCC[C@H]3O)nc2C(=O)N2CC(F)(F)C[C@@H]2C)cn1.CC[C@@H](C)Nc1cc(C)c(-c2sc(C(=O)N[C@H]3CC[C@H](O)C3)nc2C(=O)N2CC(F)(F)C[C@@H]2C)cn1.Cc1cc(NC(C)C)ncc1-c1sc(C(=O)NC2CCS(=O)(=O)CC2)nc1C(=O)N1CC(F)(F)C[C@@H]1C.Cc1cc(NC(C)C)ncc1-c1sc(C(=O)N[C@@H]2CCC[C@H]2O)nc1C(=O)N1CC(F)(F)C[C@@H]1C. The number of pyridine rings is 4. The number of hydrogen-bond donors (Lipinski definition) is 11. The first-order valence-corrected chi connectivity index (χ1v) is 53.9. The molecule has 12 atom stereocenters. The van der Waals surface area contributed by atoms with Gasteiger partial charge in [0.15, 0.2) is 20.0 Å². The van der Waals surface area contributed by atoms with E-state index in [2.05, 4.69) is 96.3 Å². The van der Waals surface area contributed by atoms with Crippen molar-refractivity contribution in [3.63, 3.8) is 0 Å². The van der Waals surface area contributed by atoms with Gasteiger partial charge in [0.05, 0.1) is 87.6 Å². The highest BCUT2D eigenvalue weighted by Crippen LogP contribution is 2.45. The summed E-state index contributed by atoms with van der Waals surface area (Å²) in [5.74, 6) is -13.7. The molecule has 5 saturated heterocycles. The fraction of sp³-hybridized carbons (Fsp3) is 0.592. The van der Waals surface area contributed by atoms with Crippen LogP contribution in [0.25, 0.3) is 41.8 Å². The second-order valence-electron chi connectivity index (χ2n) is 39.9. The molecule has 8 aromatic heterocycles. The van der Waals surface area contributed by atoms with Crippen LogP contribution >= 0.6 is 45.3 Å². The van der Waals surface area contributed by atoms with E-state index in [4.69, 9.17) is 0 Å². The van der Waals surface area contributed by atoms with E-state index < -0.39 is 175 Å². The Kier molecular flexibility index (Phi) is 35.1. The second kappa shape index (κ2) is 45.8. The summed E-state index contributed by atoms with van der Waals surface area (Å²) < 4.78 is 136. The van der Waals surface area contributed by atoms with Crippen molar-refractivity contribution in [1.29, 1.82) is 0 Å². The molecule has 3 aliphatic carbocycles. The van der Waals surface area contributed by atoms with E-state index in [1.54, 1.807) is 52.5 Å². The first kappa shape index (κ1) is 111. The van der Waals surface area contributed by atoms with E-state index in [-0.39, 0.29) is 103 Å². The van der Waals surface area contributed by atoms with Crippen LogP contribution in [0.2, 0.25) is 0 Å². The minimum absolute atomic E-state index is 0.00646. The summed E-state index contributed by atoms with van der Waals surface area (Å²) in [5.41, 5.74) is 5.48. The van der Waals surface area contributed by atoms with E-state index in [1.165, 1.54) is 0 Å². The number of sulfone groups is 1. The summed E-state index contributed by atoms with van der Waals surface area (Å²) in [7, 11) is -3.09. The van der Waals surface area contributed by atoms with Crippen LogP contribution in [0.1, 0.15) is 296 Å². The van der Waals surface area contributed by atoms with E-state index >= 15 is 0 Å². The monoisotopic (exact) mass is 2100 g/mol. The Bertz CT molecular complexity index is 6150. The number of anilines is 4. The molecule has 3 saturated carbocycles. The minimum Gasteiger partial charge on any atom is -0.393 e. The van der Waals surface area contributed by atoms with Crippen molar-refractivity contribution in [2.24, 2.45) is 0 Å². The quantitative estimate of drug-likeness (QED) is 0.0224. The van der Waals surface area contributed by atoms with Crippen LogP contribution < -0.4 is 42.5 Å². The maximum Gasteiger partial charge on any atom is 0.280 e. The number of aryl methyl sites for hydroxylation is 4. The number of amides is 8. The first-order valence-electron chi connectivity index (χ1n) is 48.9. The molecule has 0 bridgehead atoms. The zero-order valence-corrected chi connectivity index (χ0v) is 87.5. The molecule has 0 unspecified atom stereocenters. The number of hydrogen-bond acceptors (Lipinski definition) is 29. The molecule has 0 radical (unpaired) electrons. The van der Waals surface area contributed by atoms with Crippen LogP contribution in [0, 0.1) is 27.7 Å². The fourth-order valence-electron chi connectivity index (χ4n) is 18.7. The van der Waals surface area contributed by atoms with Gasteiger partial charge in [0, 0.05) is 133 Å². The highest BCUT2D eigenvalue weighted by atomic mass is 32.2. The Morgan fingerprint density at radius 1 is 0.396 bits per heavy atom. The molecule has 5 aliphatic heterocycles. The smallest absolute Gasteiger partial charge is 0.280 e. The molecule has 8 fully saturated rings. The highest BCUT2D eigenvalue weighted by Gasteiger charge is 2.51. The third kappa shape index (κ3) is 27.2. The Hall–Kier alpha value is -10.7. The van der Waals surface area contributed by atoms with Gasteiger partial charge in [0.2, 0.25) is 0 Å². The summed E-state index contributed by atoms with van der Waals surface area (Å²) in [4.78, 5) is 147. The van der Waals surface area contributed by atoms with Gasteiger partial charge in [-0.25, -0.2) is 83.4 Å². The zero-order chi connectivity index (χ0) is 105. The van der Waals surface area contributed by atoms with Crippen LogP contribution in [0.15, 0.2) is 49.1 Å². The molecular weight excluding hydrogens is 1980 g/mol. The number of nitrogens with zero attached hydrogens (tertiary/aromatic N) is 12. The summed E-state index contributed by atoms with van der Waals surface area (Å²) in [6.45, 7) is 27.2. The average Bonchev–Trinajstić information content (AvgIpc) is 1.63. The number of aliphatic hydroxyl groups excluding tert-OH is 3. The maximum atomic E-state index is 14.1. The lowest BCUT2D eigenvalue weighted by Gasteiger charge is -2.22. The molecule has 784 valence electrons. The molecule has 8 amide bonds. The molecule has 0 aromatic carbocycles. The largest absolute Gasteiger partial charge is 0.393 e. The molecular formula is C98H128F8N20O13S5. The van der Waals surface area contributed by atoms with Crippen molar-refractivity contribution in [1.82, 2.24) is 80.7 Å². The fourth-order valence-corrected chi connectivity index (χ4v) is 24.4. The predicted octanol–water partition coefficient (Wildman–Crippen LogP) is 15.8. The molecule has 8 aromatic rings. The number of halogens is 8. The second-order valence-corrected chi connectivity index (χ2v) is 46.2. The standard InChI is InChI=1S/2C25H33F2N5O3S.C24H31F2N5O4S2.C24H31F2N5O3S/c1-5-14(3)29-19-8-13(2)18(11-28-19)21-20(24(35)32-12-25(26,27)10-15(32)4)31-23(36-21)22(34)30-16-6-7-17(33)9-16;1-5-14(3)29-19-9-13(2)16(11-28-19)21-20(24(35)32-12-25(26,27)10-15(32)4)31-23(36-21)22(34)30-17-7-6-8-18(17)33;1-13(2)28-18-9-14(3)17(11-27-18)20-19(23(33)31-12-24(25,26)10-15(31)4)30-22(36-20)21(32)29-16-5-7-37(34,35)8-6-16;1-12(2)28-18-8-13(3)15(10-27-18)20-19(23(34)31-11-24(25,26)9-14(31)4)30-22(35-20)21(33)29-16-6-5-7-17(16)32/h8,11,14-17,33H,5-7,9-10,12H2,1-4H3,(H,28,29)(H,30,34);9,11,14-15,17-18,33H,5-8,10,12H2,1-4H3,(H,28,29)(H,30,34);9,11,13,15-16H,5-8,10,12H2,1-4H3,(H,27,28)(H,29,32);8,10,12,14,16-17,32H,5-7,9,11H2,1-4H3,(H,27,28)(H,29,33)/t14-,15+,16+,17+;14-,15+,17-,18-;15-;14-,16+,17+/m1100/s1. The number of carbonyl (C=O) groups is 8.